The fraction of sp³-hybridized carbons (Fsp3) is 0.533. The Labute approximate surface area is 109 Å². The smallest absolute Gasteiger partial charge is 0.101 e. The molecule has 1 fully saturated rings. The lowest BCUT2D eigenvalue weighted by Gasteiger charge is -2.51. The number of ether oxygens (including phenoxy) is 1. The van der Waals surface area contributed by atoms with Gasteiger partial charge in [-0.2, -0.15) is 5.26 Å². The van der Waals surface area contributed by atoms with Crippen molar-refractivity contribution in [2.24, 2.45) is 5.41 Å². The molecule has 3 heteroatoms. The van der Waals surface area contributed by atoms with Crippen LogP contribution in [0.15, 0.2) is 18.2 Å². The number of aryl methyl sites for hydroxylation is 1. The van der Waals surface area contributed by atoms with E-state index in [0.717, 1.165) is 17.7 Å². The van der Waals surface area contributed by atoms with Gasteiger partial charge in [-0.05, 0) is 25.0 Å². The molecule has 1 aliphatic rings. The molecule has 1 aliphatic carbocycles. The summed E-state index contributed by atoms with van der Waals surface area (Å²) in [6.45, 7) is 6.43. The number of hydrogen-bond acceptors (Lipinski definition) is 3. The average Bonchev–Trinajstić information content (AvgIpc) is 2.35. The fourth-order valence-corrected chi connectivity index (χ4v) is 2.66. The van der Waals surface area contributed by atoms with E-state index in [1.54, 1.807) is 7.11 Å². The third-order valence-electron chi connectivity index (χ3n) is 4.17. The van der Waals surface area contributed by atoms with E-state index in [2.05, 4.69) is 25.2 Å². The Bertz CT molecular complexity index is 488. The van der Waals surface area contributed by atoms with Crippen LogP contribution in [0.3, 0.4) is 0 Å². The topological polar surface area (TPSA) is 45.0 Å². The highest BCUT2D eigenvalue weighted by atomic mass is 16.5. The molecule has 2 unspecified atom stereocenters. The Kier molecular flexibility index (Phi) is 3.32. The Morgan fingerprint density at radius 3 is 2.72 bits per heavy atom. The summed E-state index contributed by atoms with van der Waals surface area (Å²) in [6, 6.07) is 8.41. The second kappa shape index (κ2) is 4.62. The summed E-state index contributed by atoms with van der Waals surface area (Å²) in [4.78, 5) is 0. The molecule has 0 heterocycles. The molecule has 3 nitrogen and oxygen atoms in total. The second-order valence-corrected chi connectivity index (χ2v) is 5.59. The molecule has 0 aliphatic heterocycles. The van der Waals surface area contributed by atoms with Gasteiger partial charge in [-0.1, -0.05) is 26.0 Å². The van der Waals surface area contributed by atoms with Gasteiger partial charge in [0, 0.05) is 18.6 Å². The van der Waals surface area contributed by atoms with E-state index < -0.39 is 0 Å². The summed E-state index contributed by atoms with van der Waals surface area (Å²) in [5.41, 5.74) is 2.90. The Morgan fingerprint density at radius 1 is 1.44 bits per heavy atom. The number of methoxy groups -OCH3 is 1. The van der Waals surface area contributed by atoms with Crippen molar-refractivity contribution in [1.82, 2.24) is 0 Å². The van der Waals surface area contributed by atoms with Gasteiger partial charge in [0.05, 0.1) is 17.4 Å². The van der Waals surface area contributed by atoms with Crippen molar-refractivity contribution in [3.05, 3.63) is 29.3 Å². The lowest BCUT2D eigenvalue weighted by atomic mass is 9.64. The fourth-order valence-electron chi connectivity index (χ4n) is 2.66. The molecule has 1 aromatic rings. The highest BCUT2D eigenvalue weighted by Gasteiger charge is 2.48. The molecule has 2 atom stereocenters. The molecular weight excluding hydrogens is 224 g/mol. The number of hydrogen-bond donors (Lipinski definition) is 1. The van der Waals surface area contributed by atoms with Gasteiger partial charge in [0.25, 0.3) is 0 Å². The van der Waals surface area contributed by atoms with E-state index in [9.17, 15) is 0 Å². The number of benzene rings is 1. The largest absolute Gasteiger partial charge is 0.381 e. The van der Waals surface area contributed by atoms with Crippen LogP contribution in [0.25, 0.3) is 0 Å². The van der Waals surface area contributed by atoms with Gasteiger partial charge in [-0.25, -0.2) is 0 Å². The van der Waals surface area contributed by atoms with Gasteiger partial charge < -0.3 is 10.1 Å². The molecule has 1 saturated carbocycles. The highest BCUT2D eigenvalue weighted by molar-refractivity contribution is 5.63. The second-order valence-electron chi connectivity index (χ2n) is 5.59. The molecule has 0 amide bonds. The zero-order valence-electron chi connectivity index (χ0n) is 11.4. The summed E-state index contributed by atoms with van der Waals surface area (Å²) >= 11 is 0. The number of nitrogens with one attached hydrogen (secondary N) is 1. The predicted octanol–water partition coefficient (Wildman–Crippen LogP) is 3.09. The molecule has 0 radical (unpaired) electrons. The van der Waals surface area contributed by atoms with Crippen LogP contribution in [0, 0.1) is 23.7 Å². The van der Waals surface area contributed by atoms with Crippen LogP contribution < -0.4 is 5.32 Å². The highest BCUT2D eigenvalue weighted by Crippen LogP contribution is 2.44. The minimum atomic E-state index is 0.101. The van der Waals surface area contributed by atoms with E-state index in [0.29, 0.717) is 17.7 Å². The molecule has 2 rings (SSSR count). The third-order valence-corrected chi connectivity index (χ3v) is 4.17. The van der Waals surface area contributed by atoms with E-state index in [1.165, 1.54) is 0 Å². The molecule has 96 valence electrons. The summed E-state index contributed by atoms with van der Waals surface area (Å²) in [6.07, 6.45) is 1.28. The van der Waals surface area contributed by atoms with Crippen LogP contribution in [0.4, 0.5) is 5.69 Å². The van der Waals surface area contributed by atoms with Crippen molar-refractivity contribution >= 4 is 5.69 Å². The first-order valence-corrected chi connectivity index (χ1v) is 6.29. The molecule has 0 spiro atoms. The number of anilines is 1. The number of para-hydroxylation sites is 1. The maximum Gasteiger partial charge on any atom is 0.101 e. The van der Waals surface area contributed by atoms with Crippen LogP contribution in [-0.2, 0) is 4.74 Å². The van der Waals surface area contributed by atoms with Gasteiger partial charge in [0.15, 0.2) is 0 Å². The van der Waals surface area contributed by atoms with E-state index in [-0.39, 0.29) is 5.41 Å². The number of nitriles is 1. The third kappa shape index (κ3) is 1.97. The van der Waals surface area contributed by atoms with Crippen molar-refractivity contribution in [1.29, 1.82) is 5.26 Å². The van der Waals surface area contributed by atoms with Gasteiger partial charge >= 0.3 is 0 Å². The maximum absolute atomic E-state index is 9.16. The van der Waals surface area contributed by atoms with Crippen molar-refractivity contribution in [3.63, 3.8) is 0 Å². The van der Waals surface area contributed by atoms with Crippen LogP contribution in [0.5, 0.6) is 0 Å². The number of nitrogens with zero attached hydrogens (tertiary/aromatic N) is 1. The van der Waals surface area contributed by atoms with Crippen LogP contribution >= 0.6 is 0 Å². The summed E-state index contributed by atoms with van der Waals surface area (Å²) in [5.74, 6) is 0. The minimum absolute atomic E-state index is 0.101. The molecular formula is C15H20N2O. The van der Waals surface area contributed by atoms with Crippen molar-refractivity contribution in [2.45, 2.75) is 39.3 Å². The maximum atomic E-state index is 9.16. The van der Waals surface area contributed by atoms with Gasteiger partial charge in [0.2, 0.25) is 0 Å². The van der Waals surface area contributed by atoms with E-state index in [4.69, 9.17) is 10.00 Å². The van der Waals surface area contributed by atoms with Gasteiger partial charge in [-0.3, -0.25) is 0 Å². The Balaban J connectivity index is 2.20. The van der Waals surface area contributed by atoms with E-state index >= 15 is 0 Å². The summed E-state index contributed by atoms with van der Waals surface area (Å²) < 4.78 is 5.45. The molecule has 0 bridgehead atoms. The SMILES string of the molecule is COC1CC(Nc2c(C)cccc2C#N)C1(C)C. The van der Waals surface area contributed by atoms with E-state index in [1.807, 2.05) is 25.1 Å². The van der Waals surface area contributed by atoms with Crippen molar-refractivity contribution in [2.75, 3.05) is 12.4 Å². The van der Waals surface area contributed by atoms with Gasteiger partial charge in [-0.15, -0.1) is 0 Å². The number of rotatable bonds is 3. The summed E-state index contributed by atoms with van der Waals surface area (Å²) in [5, 5.41) is 12.7. The molecule has 18 heavy (non-hydrogen) atoms. The molecule has 1 aromatic carbocycles. The lowest BCUT2D eigenvalue weighted by Crippen LogP contribution is -2.57. The zero-order chi connectivity index (χ0) is 13.3. The first-order valence-electron chi connectivity index (χ1n) is 6.29. The summed E-state index contributed by atoms with van der Waals surface area (Å²) in [7, 11) is 1.76. The zero-order valence-corrected chi connectivity index (χ0v) is 11.4. The quantitative estimate of drug-likeness (QED) is 0.888. The molecule has 0 saturated heterocycles. The van der Waals surface area contributed by atoms with Crippen molar-refractivity contribution in [3.8, 4) is 6.07 Å². The minimum Gasteiger partial charge on any atom is -0.381 e. The first-order chi connectivity index (χ1) is 8.50. The predicted molar refractivity (Wildman–Crippen MR) is 72.5 cm³/mol. The standard InChI is InChI=1S/C15H20N2O/c1-10-6-5-7-11(9-16)14(10)17-12-8-13(18-4)15(12,2)3/h5-7,12-13,17H,8H2,1-4H3. The lowest BCUT2D eigenvalue weighted by molar-refractivity contribution is -0.0794. The van der Waals surface area contributed by atoms with Crippen LogP contribution in [0.2, 0.25) is 0 Å². The Hall–Kier alpha value is -1.53. The molecule has 0 aromatic heterocycles. The van der Waals surface area contributed by atoms with Crippen LogP contribution in [0.1, 0.15) is 31.4 Å². The van der Waals surface area contributed by atoms with Crippen LogP contribution in [-0.4, -0.2) is 19.3 Å². The van der Waals surface area contributed by atoms with Gasteiger partial charge in [0.1, 0.15) is 6.07 Å². The normalized spacial score (nSPS) is 25.1. The first kappa shape index (κ1) is 12.9. The van der Waals surface area contributed by atoms with Crippen molar-refractivity contribution < 1.29 is 4.74 Å². The monoisotopic (exact) mass is 244 g/mol. The molecule has 1 N–H and O–H groups in total. The average molecular weight is 244 g/mol. The Morgan fingerprint density at radius 2 is 2.17 bits per heavy atom.